The van der Waals surface area contributed by atoms with Gasteiger partial charge in [-0.25, -0.2) is 0 Å². The second-order valence-electron chi connectivity index (χ2n) is 5.81. The Morgan fingerprint density at radius 3 is 2.65 bits per heavy atom. The maximum absolute atomic E-state index is 4.08. The first-order valence-electron chi connectivity index (χ1n) is 7.23. The lowest BCUT2D eigenvalue weighted by atomic mass is 9.84. The van der Waals surface area contributed by atoms with Crippen molar-refractivity contribution >= 4 is 12.2 Å². The fraction of sp³-hybridized carbons (Fsp3) is 0.200. The highest BCUT2D eigenvalue weighted by atomic mass is 14.2. The third kappa shape index (κ3) is 2.34. The van der Waals surface area contributed by atoms with Crippen molar-refractivity contribution in [3.63, 3.8) is 0 Å². The SMILES string of the molecule is C=C1C=CC=C2C=Cc3ccc(C(C)C)c(c3C2)C=C1. The molecule has 0 radical (unpaired) electrons. The van der Waals surface area contributed by atoms with Crippen molar-refractivity contribution in [2.45, 2.75) is 26.2 Å². The van der Waals surface area contributed by atoms with E-state index in [-0.39, 0.29) is 0 Å². The quantitative estimate of drug-likeness (QED) is 0.630. The molecule has 0 saturated heterocycles. The van der Waals surface area contributed by atoms with Gasteiger partial charge in [0.25, 0.3) is 0 Å². The summed E-state index contributed by atoms with van der Waals surface area (Å²) in [6.45, 7) is 8.60. The first kappa shape index (κ1) is 12.9. The van der Waals surface area contributed by atoms with Gasteiger partial charge in [0.15, 0.2) is 0 Å². The van der Waals surface area contributed by atoms with Gasteiger partial charge >= 0.3 is 0 Å². The molecule has 2 aliphatic carbocycles. The monoisotopic (exact) mass is 260 g/mol. The minimum atomic E-state index is 0.532. The van der Waals surface area contributed by atoms with E-state index in [1.807, 2.05) is 0 Å². The number of benzene rings is 1. The van der Waals surface area contributed by atoms with Gasteiger partial charge in [-0.15, -0.1) is 0 Å². The molecule has 0 heteroatoms. The van der Waals surface area contributed by atoms with Crippen LogP contribution in [0.15, 0.2) is 60.2 Å². The number of hydrogen-bond donors (Lipinski definition) is 0. The molecule has 100 valence electrons. The molecule has 0 aliphatic heterocycles. The molecular formula is C20H20. The normalized spacial score (nSPS) is 16.6. The Labute approximate surface area is 121 Å². The van der Waals surface area contributed by atoms with E-state index < -0.39 is 0 Å². The van der Waals surface area contributed by atoms with E-state index in [2.05, 4.69) is 75.1 Å². The lowest BCUT2D eigenvalue weighted by Gasteiger charge is -2.21. The molecule has 0 fully saturated rings. The lowest BCUT2D eigenvalue weighted by molar-refractivity contribution is 0.859. The molecule has 2 bridgehead atoms. The largest absolute Gasteiger partial charge is 0.0918 e. The molecular weight excluding hydrogens is 240 g/mol. The summed E-state index contributed by atoms with van der Waals surface area (Å²) in [5.41, 5.74) is 8.00. The first-order valence-corrected chi connectivity index (χ1v) is 7.23. The topological polar surface area (TPSA) is 0 Å². The van der Waals surface area contributed by atoms with Gasteiger partial charge in [-0.1, -0.05) is 75.1 Å². The summed E-state index contributed by atoms with van der Waals surface area (Å²) in [5, 5.41) is 0. The number of rotatable bonds is 1. The molecule has 1 aromatic carbocycles. The van der Waals surface area contributed by atoms with Crippen LogP contribution < -0.4 is 0 Å². The van der Waals surface area contributed by atoms with Crippen LogP contribution in [-0.2, 0) is 6.42 Å². The maximum atomic E-state index is 4.08. The Balaban J connectivity index is 2.27. The van der Waals surface area contributed by atoms with Gasteiger partial charge < -0.3 is 0 Å². The zero-order valence-electron chi connectivity index (χ0n) is 12.2. The smallest absolute Gasteiger partial charge is 0.00138 e. The predicted molar refractivity (Wildman–Crippen MR) is 88.7 cm³/mol. The maximum Gasteiger partial charge on any atom is -0.00138 e. The standard InChI is InChI=1S/C20H20/c1-14(2)18-12-10-17-9-8-16-6-4-5-15(3)7-11-19(18)20(17)13-16/h4-12,14H,3,13H2,1-2H3. The van der Waals surface area contributed by atoms with Crippen molar-refractivity contribution < 1.29 is 0 Å². The van der Waals surface area contributed by atoms with Gasteiger partial charge in [0.05, 0.1) is 0 Å². The molecule has 0 aromatic heterocycles. The van der Waals surface area contributed by atoms with Crippen LogP contribution in [0, 0.1) is 0 Å². The average molecular weight is 260 g/mol. The zero-order chi connectivity index (χ0) is 14.1. The van der Waals surface area contributed by atoms with Gasteiger partial charge in [0.2, 0.25) is 0 Å². The molecule has 0 amide bonds. The molecule has 0 spiro atoms. The molecule has 0 heterocycles. The summed E-state index contributed by atoms with van der Waals surface area (Å²) in [6.07, 6.45) is 16.2. The second-order valence-corrected chi connectivity index (χ2v) is 5.81. The summed E-state index contributed by atoms with van der Waals surface area (Å²) in [4.78, 5) is 0. The van der Waals surface area contributed by atoms with Crippen LogP contribution in [0.3, 0.4) is 0 Å². The highest BCUT2D eigenvalue weighted by Gasteiger charge is 2.16. The van der Waals surface area contributed by atoms with Crippen LogP contribution in [0.5, 0.6) is 0 Å². The van der Waals surface area contributed by atoms with Gasteiger partial charge in [0.1, 0.15) is 0 Å². The fourth-order valence-electron chi connectivity index (χ4n) is 2.87. The van der Waals surface area contributed by atoms with Gasteiger partial charge in [-0.3, -0.25) is 0 Å². The third-order valence-electron chi connectivity index (χ3n) is 3.99. The lowest BCUT2D eigenvalue weighted by Crippen LogP contribution is -2.05. The summed E-state index contributed by atoms with van der Waals surface area (Å²) in [5.74, 6) is 0.532. The van der Waals surface area contributed by atoms with Crippen LogP contribution in [-0.4, -0.2) is 0 Å². The zero-order valence-corrected chi connectivity index (χ0v) is 12.2. The van der Waals surface area contributed by atoms with Gasteiger partial charge in [0, 0.05) is 0 Å². The van der Waals surface area contributed by atoms with Crippen LogP contribution in [0.4, 0.5) is 0 Å². The highest BCUT2D eigenvalue weighted by molar-refractivity contribution is 5.72. The molecule has 0 N–H and O–H groups in total. The van der Waals surface area contributed by atoms with Crippen molar-refractivity contribution in [3.8, 4) is 0 Å². The van der Waals surface area contributed by atoms with Crippen molar-refractivity contribution in [2.24, 2.45) is 0 Å². The Morgan fingerprint density at radius 1 is 1.00 bits per heavy atom. The summed E-state index contributed by atoms with van der Waals surface area (Å²) in [6, 6.07) is 4.53. The minimum Gasteiger partial charge on any atom is -0.0918 e. The fourth-order valence-corrected chi connectivity index (χ4v) is 2.87. The highest BCUT2D eigenvalue weighted by Crippen LogP contribution is 2.33. The van der Waals surface area contributed by atoms with Gasteiger partial charge in [-0.05, 0) is 45.7 Å². The van der Waals surface area contributed by atoms with Crippen molar-refractivity contribution in [2.75, 3.05) is 0 Å². The van der Waals surface area contributed by atoms with Crippen LogP contribution in [0.2, 0.25) is 0 Å². The van der Waals surface area contributed by atoms with E-state index in [1.165, 1.54) is 27.8 Å². The van der Waals surface area contributed by atoms with E-state index in [9.17, 15) is 0 Å². The number of fused-ring (bicyclic) bond motifs is 1. The Hall–Kier alpha value is -2.08. The third-order valence-corrected chi connectivity index (χ3v) is 3.99. The molecule has 0 atom stereocenters. The Bertz CT molecular complexity index is 676. The van der Waals surface area contributed by atoms with E-state index in [1.54, 1.807) is 0 Å². The van der Waals surface area contributed by atoms with E-state index >= 15 is 0 Å². The molecule has 1 aromatic rings. The van der Waals surface area contributed by atoms with Crippen molar-refractivity contribution in [3.05, 3.63) is 82.5 Å². The minimum absolute atomic E-state index is 0.532. The molecule has 0 nitrogen and oxygen atoms in total. The predicted octanol–water partition coefficient (Wildman–Crippen LogP) is 5.44. The molecule has 0 saturated carbocycles. The average Bonchev–Trinajstić information content (AvgIpc) is 2.44. The molecule has 3 rings (SSSR count). The molecule has 20 heavy (non-hydrogen) atoms. The summed E-state index contributed by atoms with van der Waals surface area (Å²) in [7, 11) is 0. The summed E-state index contributed by atoms with van der Waals surface area (Å²) >= 11 is 0. The van der Waals surface area contributed by atoms with E-state index in [4.69, 9.17) is 0 Å². The van der Waals surface area contributed by atoms with E-state index in [0.717, 1.165) is 12.0 Å². The van der Waals surface area contributed by atoms with E-state index in [0.29, 0.717) is 5.92 Å². The van der Waals surface area contributed by atoms with Crippen LogP contribution in [0.1, 0.15) is 42.0 Å². The van der Waals surface area contributed by atoms with Crippen LogP contribution >= 0.6 is 0 Å². The Kier molecular flexibility index (Phi) is 3.31. The molecule has 2 aliphatic rings. The van der Waals surface area contributed by atoms with Gasteiger partial charge in [-0.2, -0.15) is 0 Å². The van der Waals surface area contributed by atoms with Crippen molar-refractivity contribution in [1.29, 1.82) is 0 Å². The first-order chi connectivity index (χ1) is 9.65. The second kappa shape index (κ2) is 5.13. The molecule has 0 unspecified atom stereocenters. The summed E-state index contributed by atoms with van der Waals surface area (Å²) < 4.78 is 0. The number of allylic oxidation sites excluding steroid dienone is 7. The van der Waals surface area contributed by atoms with Crippen molar-refractivity contribution in [1.82, 2.24) is 0 Å². The number of hydrogen-bond acceptors (Lipinski definition) is 0. The van der Waals surface area contributed by atoms with Crippen LogP contribution in [0.25, 0.3) is 12.2 Å². The Morgan fingerprint density at radius 2 is 1.85 bits per heavy atom.